The average molecular weight is 418 g/mol. The first-order valence-corrected chi connectivity index (χ1v) is 9.56. The molecule has 1 unspecified atom stereocenters. The molecule has 0 aliphatic heterocycles. The maximum atomic E-state index is 12.7. The minimum Gasteiger partial charge on any atom is -0.494 e. The third-order valence-corrected chi connectivity index (χ3v) is 4.80. The van der Waals surface area contributed by atoms with Crippen molar-refractivity contribution in [2.75, 3.05) is 33.2 Å². The van der Waals surface area contributed by atoms with Gasteiger partial charge >= 0.3 is 0 Å². The Labute approximate surface area is 175 Å². The van der Waals surface area contributed by atoms with Gasteiger partial charge in [-0.15, -0.1) is 0 Å². The molecular weight excluding hydrogens is 390 g/mol. The van der Waals surface area contributed by atoms with E-state index >= 15 is 0 Å². The van der Waals surface area contributed by atoms with Crippen molar-refractivity contribution in [1.82, 2.24) is 0 Å². The number of anilines is 1. The average Bonchev–Trinajstić information content (AvgIpc) is 2.74. The second kappa shape index (κ2) is 10.4. The van der Waals surface area contributed by atoms with Crippen LogP contribution in [0.1, 0.15) is 19.4 Å². The molecule has 0 saturated carbocycles. The van der Waals surface area contributed by atoms with E-state index in [1.165, 1.54) is 25.3 Å². The van der Waals surface area contributed by atoms with Crippen molar-refractivity contribution in [3.63, 3.8) is 0 Å². The molecule has 0 aliphatic rings. The number of quaternary nitrogens is 1. The Hall–Kier alpha value is -3.33. The predicted molar refractivity (Wildman–Crippen MR) is 112 cm³/mol. The smallest absolute Gasteiger partial charge is 0.282 e. The third-order valence-electron chi connectivity index (χ3n) is 4.80. The molecule has 0 radical (unpaired) electrons. The van der Waals surface area contributed by atoms with Gasteiger partial charge in [-0.1, -0.05) is 0 Å². The minimum absolute atomic E-state index is 0.106. The van der Waals surface area contributed by atoms with Gasteiger partial charge in [0.05, 0.1) is 44.6 Å². The first-order chi connectivity index (χ1) is 14.3. The van der Waals surface area contributed by atoms with Crippen LogP contribution in [0.4, 0.5) is 11.4 Å². The van der Waals surface area contributed by atoms with E-state index in [-0.39, 0.29) is 23.4 Å². The van der Waals surface area contributed by atoms with Crippen LogP contribution in [-0.4, -0.2) is 44.7 Å². The lowest BCUT2D eigenvalue weighted by molar-refractivity contribution is -0.907. The Morgan fingerprint density at radius 3 is 2.43 bits per heavy atom. The first kappa shape index (κ1) is 23.0. The zero-order valence-electron chi connectivity index (χ0n) is 17.9. The number of nitrogens with zero attached hydrogens (tertiary/aromatic N) is 1. The number of non-ortho nitro benzene ring substituents is 1. The number of benzene rings is 2. The summed E-state index contributed by atoms with van der Waals surface area (Å²) >= 11 is 0. The van der Waals surface area contributed by atoms with E-state index in [0.29, 0.717) is 30.3 Å². The normalized spacial score (nSPS) is 12.6. The Morgan fingerprint density at radius 1 is 1.13 bits per heavy atom. The number of hydrogen-bond acceptors (Lipinski definition) is 6. The van der Waals surface area contributed by atoms with Gasteiger partial charge in [0.15, 0.2) is 17.5 Å². The summed E-state index contributed by atoms with van der Waals surface area (Å²) in [5.41, 5.74) is 1.28. The predicted octanol–water partition coefficient (Wildman–Crippen LogP) is 2.05. The van der Waals surface area contributed by atoms with E-state index in [9.17, 15) is 14.9 Å². The maximum Gasteiger partial charge on any atom is 0.282 e. The zero-order chi connectivity index (χ0) is 22.3. The molecule has 9 heteroatoms. The fourth-order valence-corrected chi connectivity index (χ4v) is 2.93. The van der Waals surface area contributed by atoms with E-state index < -0.39 is 4.92 Å². The molecule has 2 aromatic carbocycles. The lowest BCUT2D eigenvalue weighted by Crippen LogP contribution is -3.12. The Kier molecular flexibility index (Phi) is 7.99. The number of carbonyl (C=O) groups excluding carboxylic acids is 1. The summed E-state index contributed by atoms with van der Waals surface area (Å²) in [6.07, 6.45) is 0. The molecule has 9 nitrogen and oxygen atoms in total. The monoisotopic (exact) mass is 418 g/mol. The van der Waals surface area contributed by atoms with Crippen molar-refractivity contribution in [1.29, 1.82) is 0 Å². The van der Waals surface area contributed by atoms with Crippen molar-refractivity contribution < 1.29 is 28.8 Å². The molecule has 1 amide bonds. The Morgan fingerprint density at radius 2 is 1.83 bits per heavy atom. The molecule has 162 valence electrons. The second-order valence-corrected chi connectivity index (χ2v) is 6.79. The van der Waals surface area contributed by atoms with Gasteiger partial charge in [0, 0.05) is 11.6 Å². The molecule has 0 spiro atoms. The number of nitrogens with one attached hydrogen (secondary N) is 2. The highest BCUT2D eigenvalue weighted by Crippen LogP contribution is 2.29. The number of ether oxygens (including phenoxy) is 3. The molecule has 30 heavy (non-hydrogen) atoms. The molecule has 0 bridgehead atoms. The number of rotatable bonds is 10. The van der Waals surface area contributed by atoms with Crippen LogP contribution in [0.5, 0.6) is 17.2 Å². The summed E-state index contributed by atoms with van der Waals surface area (Å²) < 4.78 is 16.1. The summed E-state index contributed by atoms with van der Waals surface area (Å²) in [4.78, 5) is 24.1. The van der Waals surface area contributed by atoms with Crippen LogP contribution in [0, 0.1) is 10.1 Å². The molecule has 2 rings (SSSR count). The van der Waals surface area contributed by atoms with Gasteiger partial charge in [-0.3, -0.25) is 14.9 Å². The van der Waals surface area contributed by atoms with Crippen LogP contribution in [0.2, 0.25) is 0 Å². The highest BCUT2D eigenvalue weighted by Gasteiger charge is 2.24. The molecule has 0 heterocycles. The van der Waals surface area contributed by atoms with Gasteiger partial charge in [0.1, 0.15) is 12.3 Å². The van der Waals surface area contributed by atoms with Gasteiger partial charge in [-0.2, -0.15) is 0 Å². The Bertz CT molecular complexity index is 902. The first-order valence-electron chi connectivity index (χ1n) is 9.56. The molecule has 0 aromatic heterocycles. The highest BCUT2D eigenvalue weighted by molar-refractivity contribution is 5.95. The third kappa shape index (κ3) is 5.60. The van der Waals surface area contributed by atoms with Crippen molar-refractivity contribution in [2.24, 2.45) is 0 Å². The molecular formula is C21H28N3O6+. The lowest BCUT2D eigenvalue weighted by Gasteiger charge is -2.22. The fourth-order valence-electron chi connectivity index (χ4n) is 2.93. The topological polar surface area (TPSA) is 104 Å². The van der Waals surface area contributed by atoms with E-state index in [2.05, 4.69) is 5.32 Å². The summed E-state index contributed by atoms with van der Waals surface area (Å²) in [6, 6.07) is 9.39. The highest BCUT2D eigenvalue weighted by atomic mass is 16.6. The molecule has 2 aromatic rings. The molecule has 0 saturated heterocycles. The van der Waals surface area contributed by atoms with Gasteiger partial charge < -0.3 is 24.4 Å². The van der Waals surface area contributed by atoms with Gasteiger partial charge in [0.2, 0.25) is 0 Å². The van der Waals surface area contributed by atoms with Crippen LogP contribution >= 0.6 is 0 Å². The fraction of sp³-hybridized carbons (Fsp3) is 0.381. The van der Waals surface area contributed by atoms with Gasteiger partial charge in [-0.25, -0.2) is 0 Å². The quantitative estimate of drug-likeness (QED) is 0.452. The SMILES string of the molecule is CCOc1ccc(C[NH+](C)[C@H](C)C(=O)Nc2ccc([N+](=O)[O-])cc2OC)cc1OC. The van der Waals surface area contributed by atoms with Gasteiger partial charge in [-0.05, 0) is 38.1 Å². The summed E-state index contributed by atoms with van der Waals surface area (Å²) in [5, 5.41) is 13.7. The lowest BCUT2D eigenvalue weighted by atomic mass is 10.1. The van der Waals surface area contributed by atoms with Gasteiger partial charge in [0.25, 0.3) is 11.6 Å². The molecule has 0 aliphatic carbocycles. The maximum absolute atomic E-state index is 12.7. The number of likely N-dealkylation sites (N-methyl/N-ethyl adjacent to an activating group) is 1. The number of carbonyl (C=O) groups is 1. The van der Waals surface area contributed by atoms with Crippen LogP contribution < -0.4 is 24.4 Å². The van der Waals surface area contributed by atoms with E-state index in [0.717, 1.165) is 10.5 Å². The van der Waals surface area contributed by atoms with Crippen LogP contribution in [0.15, 0.2) is 36.4 Å². The molecule has 2 N–H and O–H groups in total. The standard InChI is InChI=1S/C21H27N3O6/c1-6-30-18-10-7-15(11-20(18)29-5)13-23(3)14(2)21(25)22-17-9-8-16(24(26)27)12-19(17)28-4/h7-12,14H,6,13H2,1-5H3,(H,22,25)/p+1/t14-/m1/s1. The number of nitro benzene ring substituents is 1. The van der Waals surface area contributed by atoms with E-state index in [4.69, 9.17) is 14.2 Å². The molecule has 0 fully saturated rings. The zero-order valence-corrected chi connectivity index (χ0v) is 17.9. The molecule has 2 atom stereocenters. The Balaban J connectivity index is 2.08. The van der Waals surface area contributed by atoms with E-state index in [1.54, 1.807) is 7.11 Å². The van der Waals surface area contributed by atoms with Crippen LogP contribution in [-0.2, 0) is 11.3 Å². The largest absolute Gasteiger partial charge is 0.494 e. The summed E-state index contributed by atoms with van der Waals surface area (Å²) in [7, 11) is 4.90. The minimum atomic E-state index is -0.514. The van der Waals surface area contributed by atoms with Crippen molar-refractivity contribution in [2.45, 2.75) is 26.4 Å². The number of nitro groups is 1. The number of methoxy groups -OCH3 is 2. The van der Waals surface area contributed by atoms with E-state index in [1.807, 2.05) is 39.1 Å². The number of hydrogen-bond donors (Lipinski definition) is 2. The van der Waals surface area contributed by atoms with Crippen molar-refractivity contribution in [3.05, 3.63) is 52.1 Å². The van der Waals surface area contributed by atoms with Crippen molar-refractivity contribution >= 4 is 17.3 Å². The number of amides is 1. The summed E-state index contributed by atoms with van der Waals surface area (Å²) in [5.74, 6) is 1.34. The second-order valence-electron chi connectivity index (χ2n) is 6.79. The van der Waals surface area contributed by atoms with Crippen LogP contribution in [0.25, 0.3) is 0 Å². The van der Waals surface area contributed by atoms with Crippen LogP contribution in [0.3, 0.4) is 0 Å². The van der Waals surface area contributed by atoms with Crippen molar-refractivity contribution in [3.8, 4) is 17.2 Å². The summed E-state index contributed by atoms with van der Waals surface area (Å²) in [6.45, 7) is 4.86.